The van der Waals surface area contributed by atoms with Crippen LogP contribution in [0.4, 0.5) is 13.2 Å². The number of hydrogen-bond acceptors (Lipinski definition) is 7. The van der Waals surface area contributed by atoms with Crippen molar-refractivity contribution in [3.05, 3.63) is 72.9 Å². The summed E-state index contributed by atoms with van der Waals surface area (Å²) in [5.41, 5.74) is -5.95. The van der Waals surface area contributed by atoms with Crippen LogP contribution in [0.2, 0.25) is 0 Å². The Morgan fingerprint density at radius 2 is 1.47 bits per heavy atom. The van der Waals surface area contributed by atoms with E-state index in [2.05, 4.69) is 14.2 Å². The molecule has 5 aromatic rings. The van der Waals surface area contributed by atoms with E-state index in [-0.39, 0.29) is 37.7 Å². The zero-order valence-corrected chi connectivity index (χ0v) is 18.4. The third-order valence-corrected chi connectivity index (χ3v) is 7.69. The number of rotatable bonds is 4. The van der Waals surface area contributed by atoms with E-state index in [9.17, 15) is 30.0 Å². The van der Waals surface area contributed by atoms with Gasteiger partial charge in [0.2, 0.25) is 5.88 Å². The summed E-state index contributed by atoms with van der Waals surface area (Å²) in [4.78, 5) is 8.01. The molecule has 2 aromatic carbocycles. The van der Waals surface area contributed by atoms with Crippen molar-refractivity contribution in [3.63, 3.8) is 0 Å². The monoisotopic (exact) mass is 507 g/mol. The summed E-state index contributed by atoms with van der Waals surface area (Å²) in [5, 5.41) is 0.0449. The minimum absolute atomic E-state index is 0.0229. The predicted octanol–water partition coefficient (Wildman–Crippen LogP) is 4.20. The van der Waals surface area contributed by atoms with E-state index in [4.69, 9.17) is 0 Å². The summed E-state index contributed by atoms with van der Waals surface area (Å²) in [6.45, 7) is 0. The van der Waals surface area contributed by atoms with Crippen LogP contribution in [0, 0.1) is 0 Å². The second-order valence-electron chi connectivity index (χ2n) is 7.10. The molecule has 0 aliphatic heterocycles. The highest BCUT2D eigenvalue weighted by molar-refractivity contribution is 7.90. The van der Waals surface area contributed by atoms with Gasteiger partial charge in [-0.05, 0) is 30.3 Å². The van der Waals surface area contributed by atoms with Crippen LogP contribution in [0.15, 0.2) is 77.8 Å². The third-order valence-electron chi connectivity index (χ3n) is 5.04. The number of alkyl halides is 3. The van der Waals surface area contributed by atoms with Crippen molar-refractivity contribution in [2.45, 2.75) is 10.4 Å². The zero-order chi connectivity index (χ0) is 24.3. The number of fused-ring (bicyclic) bond motifs is 5. The first kappa shape index (κ1) is 22.1. The van der Waals surface area contributed by atoms with E-state index < -0.39 is 31.5 Å². The van der Waals surface area contributed by atoms with Gasteiger partial charge in [-0.1, -0.05) is 36.4 Å². The molecule has 8 nitrogen and oxygen atoms in total. The minimum Gasteiger partial charge on any atom is -0.354 e. The average Bonchev–Trinajstić information content (AvgIpc) is 3.15. The molecule has 0 saturated carbocycles. The summed E-state index contributed by atoms with van der Waals surface area (Å²) in [6, 6.07) is 16.2. The molecule has 0 saturated heterocycles. The van der Waals surface area contributed by atoms with Gasteiger partial charge >= 0.3 is 15.6 Å². The molecule has 3 heterocycles. The third kappa shape index (κ3) is 3.27. The van der Waals surface area contributed by atoms with E-state index in [1.807, 2.05) is 0 Å². The molecule has 0 fully saturated rings. The lowest BCUT2D eigenvalue weighted by Crippen LogP contribution is -2.28. The average molecular weight is 507 g/mol. The van der Waals surface area contributed by atoms with Crippen molar-refractivity contribution in [3.8, 4) is 5.88 Å². The highest BCUT2D eigenvalue weighted by Crippen LogP contribution is 2.41. The Morgan fingerprint density at radius 3 is 2.18 bits per heavy atom. The van der Waals surface area contributed by atoms with Gasteiger partial charge in [-0.2, -0.15) is 21.6 Å². The van der Waals surface area contributed by atoms with Crippen molar-refractivity contribution in [2.75, 3.05) is 0 Å². The molecule has 13 heteroatoms. The summed E-state index contributed by atoms with van der Waals surface area (Å²) in [6.07, 6.45) is 1.31. The van der Waals surface area contributed by atoms with Gasteiger partial charge in [0.15, 0.2) is 5.65 Å². The van der Waals surface area contributed by atoms with Crippen LogP contribution in [0.3, 0.4) is 0 Å². The number of para-hydroxylation sites is 1. The number of aromatic nitrogens is 3. The van der Waals surface area contributed by atoms with Crippen LogP contribution in [-0.4, -0.2) is 36.3 Å². The normalized spacial score (nSPS) is 13.0. The summed E-state index contributed by atoms with van der Waals surface area (Å²) < 4.78 is 95.7. The van der Waals surface area contributed by atoms with E-state index in [1.54, 1.807) is 12.1 Å². The number of pyridine rings is 2. The molecule has 34 heavy (non-hydrogen) atoms. The van der Waals surface area contributed by atoms with Gasteiger partial charge in [0, 0.05) is 17.0 Å². The maximum absolute atomic E-state index is 13.7. The van der Waals surface area contributed by atoms with Crippen LogP contribution in [0.1, 0.15) is 0 Å². The van der Waals surface area contributed by atoms with Crippen LogP contribution >= 0.6 is 0 Å². The highest BCUT2D eigenvalue weighted by atomic mass is 32.2. The lowest BCUT2D eigenvalue weighted by molar-refractivity contribution is -0.0500. The standard InChI is InChI=1S/C21H12F3N3O5S2/c22-21(23,24)34(30,31)32-20-17-15-10-6-12-25-19(15)27(33(28,29)13-7-2-1-3-8-13)18(17)14-9-4-5-11-16(14)26-20/h1-12H. The Labute approximate surface area is 190 Å². The van der Waals surface area contributed by atoms with Crippen molar-refractivity contribution in [2.24, 2.45) is 0 Å². The lowest BCUT2D eigenvalue weighted by atomic mass is 10.1. The molecule has 0 spiro atoms. The van der Waals surface area contributed by atoms with Gasteiger partial charge in [0.05, 0.1) is 21.3 Å². The quantitative estimate of drug-likeness (QED) is 0.265. The zero-order valence-electron chi connectivity index (χ0n) is 16.8. The molecule has 0 unspecified atom stereocenters. The molecular formula is C21H12F3N3O5S2. The number of nitrogens with zero attached hydrogens (tertiary/aromatic N) is 3. The highest BCUT2D eigenvalue weighted by Gasteiger charge is 2.49. The first-order valence-corrected chi connectivity index (χ1v) is 12.4. The molecule has 0 amide bonds. The Kier molecular flexibility index (Phi) is 4.81. The van der Waals surface area contributed by atoms with E-state index in [0.717, 1.165) is 3.97 Å². The molecular weight excluding hydrogens is 495 g/mol. The maximum Gasteiger partial charge on any atom is 0.534 e. The first-order chi connectivity index (χ1) is 16.0. The Bertz CT molecular complexity index is 1800. The molecule has 0 N–H and O–H groups in total. The second kappa shape index (κ2) is 7.40. The minimum atomic E-state index is -6.10. The molecule has 0 bridgehead atoms. The van der Waals surface area contributed by atoms with Crippen molar-refractivity contribution >= 4 is 53.0 Å². The molecule has 0 aliphatic rings. The van der Waals surface area contributed by atoms with Gasteiger partial charge < -0.3 is 4.18 Å². The van der Waals surface area contributed by atoms with E-state index in [0.29, 0.717) is 0 Å². The largest absolute Gasteiger partial charge is 0.534 e. The number of benzene rings is 2. The molecule has 0 atom stereocenters. The van der Waals surface area contributed by atoms with Crippen molar-refractivity contribution in [1.29, 1.82) is 0 Å². The van der Waals surface area contributed by atoms with Crippen LogP contribution in [-0.2, 0) is 20.1 Å². The Morgan fingerprint density at radius 1 is 0.824 bits per heavy atom. The van der Waals surface area contributed by atoms with Crippen LogP contribution < -0.4 is 4.18 Å². The van der Waals surface area contributed by atoms with Crippen molar-refractivity contribution in [1.82, 2.24) is 13.9 Å². The van der Waals surface area contributed by atoms with Crippen molar-refractivity contribution < 1.29 is 34.2 Å². The summed E-state index contributed by atoms with van der Waals surface area (Å²) in [7, 11) is -10.4. The molecule has 3 aromatic heterocycles. The molecule has 174 valence electrons. The van der Waals surface area contributed by atoms with Gasteiger partial charge in [-0.3, -0.25) is 0 Å². The van der Waals surface area contributed by atoms with Gasteiger partial charge in [-0.25, -0.2) is 22.4 Å². The first-order valence-electron chi connectivity index (χ1n) is 9.51. The maximum atomic E-state index is 13.7. The fourth-order valence-corrected chi connectivity index (χ4v) is 5.57. The molecule has 5 rings (SSSR count). The molecule has 0 aliphatic carbocycles. The van der Waals surface area contributed by atoms with E-state index >= 15 is 0 Å². The number of halogens is 3. The summed E-state index contributed by atoms with van der Waals surface area (Å²) >= 11 is 0. The topological polar surface area (TPSA) is 108 Å². The fraction of sp³-hybridized carbons (Fsp3) is 0.0476. The SMILES string of the molecule is O=S(=O)(c1ccccc1)n1c2ncccc2c2c(OS(=O)(=O)C(F)(F)F)nc3ccccc3c21. The van der Waals surface area contributed by atoms with Crippen LogP contribution in [0.25, 0.3) is 32.8 Å². The van der Waals surface area contributed by atoms with Gasteiger partial charge in [-0.15, -0.1) is 0 Å². The predicted molar refractivity (Wildman–Crippen MR) is 117 cm³/mol. The summed E-state index contributed by atoms with van der Waals surface area (Å²) in [5.74, 6) is -0.911. The number of hydrogen-bond donors (Lipinski definition) is 0. The van der Waals surface area contributed by atoms with Gasteiger partial charge in [0.25, 0.3) is 10.0 Å². The van der Waals surface area contributed by atoms with Gasteiger partial charge in [0.1, 0.15) is 0 Å². The fourth-order valence-electron chi connectivity index (χ4n) is 3.63. The Hall–Kier alpha value is -3.71. The smallest absolute Gasteiger partial charge is 0.354 e. The lowest BCUT2D eigenvalue weighted by Gasteiger charge is -2.13. The Balaban J connectivity index is 2.00. The molecule has 0 radical (unpaired) electrons. The van der Waals surface area contributed by atoms with E-state index in [1.165, 1.54) is 60.8 Å². The van der Waals surface area contributed by atoms with Crippen LogP contribution in [0.5, 0.6) is 5.88 Å². The second-order valence-corrected chi connectivity index (χ2v) is 10.4.